The van der Waals surface area contributed by atoms with Gasteiger partial charge in [-0.2, -0.15) is 4.31 Å². The molecule has 1 amide bonds. The second-order valence-electron chi connectivity index (χ2n) is 8.48. The fraction of sp³-hybridized carbons (Fsp3) is 0.409. The zero-order valence-electron chi connectivity index (χ0n) is 17.0. The monoisotopic (exact) mass is 443 g/mol. The first-order valence-corrected chi connectivity index (χ1v) is 12.6. The molecule has 1 spiro atoms. The van der Waals surface area contributed by atoms with Crippen LogP contribution in [-0.4, -0.2) is 54.3 Å². The van der Waals surface area contributed by atoms with E-state index in [9.17, 15) is 13.2 Å². The predicted octanol–water partition coefficient (Wildman–Crippen LogP) is 3.56. The standard InChI is InChI=1S/C22H25N3O3S2/c1-23-15-18(17-5-2-3-6-19(17)23)21(26)24-11-8-22(16-24)9-12-25(13-10-22)30(27,28)20-7-4-14-29-20/h2-7,14-15H,8-13,16H2,1H3. The first kappa shape index (κ1) is 19.8. The van der Waals surface area contributed by atoms with E-state index in [1.54, 1.807) is 21.8 Å². The summed E-state index contributed by atoms with van der Waals surface area (Å²) in [4.78, 5) is 15.3. The summed E-state index contributed by atoms with van der Waals surface area (Å²) in [6, 6.07) is 11.4. The smallest absolute Gasteiger partial charge is 0.256 e. The second-order valence-corrected chi connectivity index (χ2v) is 11.6. The number of amides is 1. The molecule has 4 heterocycles. The minimum atomic E-state index is -3.39. The van der Waals surface area contributed by atoms with Gasteiger partial charge >= 0.3 is 0 Å². The van der Waals surface area contributed by atoms with Gasteiger partial charge in [0.2, 0.25) is 0 Å². The highest BCUT2D eigenvalue weighted by Crippen LogP contribution is 2.42. The van der Waals surface area contributed by atoms with E-state index in [1.807, 2.05) is 47.0 Å². The van der Waals surface area contributed by atoms with Crippen LogP contribution in [0.5, 0.6) is 0 Å². The Bertz CT molecular complexity index is 1190. The van der Waals surface area contributed by atoms with Gasteiger partial charge in [0, 0.05) is 50.3 Å². The molecule has 2 aliphatic rings. The largest absolute Gasteiger partial charge is 0.350 e. The number of sulfonamides is 1. The number of carbonyl (C=O) groups is 1. The van der Waals surface area contributed by atoms with Crippen LogP contribution in [0.4, 0.5) is 0 Å². The van der Waals surface area contributed by atoms with Crippen molar-refractivity contribution >= 4 is 38.2 Å². The van der Waals surface area contributed by atoms with E-state index in [4.69, 9.17) is 0 Å². The third-order valence-corrected chi connectivity index (χ3v) is 10.00. The van der Waals surface area contributed by atoms with Crippen LogP contribution in [-0.2, 0) is 17.1 Å². The first-order valence-electron chi connectivity index (χ1n) is 10.3. The molecule has 6 nitrogen and oxygen atoms in total. The number of hydrogen-bond acceptors (Lipinski definition) is 4. The second kappa shape index (κ2) is 7.21. The average Bonchev–Trinajstić information content (AvgIpc) is 3.49. The molecule has 5 rings (SSSR count). The summed E-state index contributed by atoms with van der Waals surface area (Å²) in [5, 5.41) is 2.79. The van der Waals surface area contributed by atoms with Crippen LogP contribution in [0.3, 0.4) is 0 Å². The Labute approximate surface area is 180 Å². The van der Waals surface area contributed by atoms with Gasteiger partial charge in [-0.15, -0.1) is 11.3 Å². The molecule has 0 unspecified atom stereocenters. The van der Waals surface area contributed by atoms with E-state index in [0.29, 0.717) is 23.8 Å². The maximum atomic E-state index is 13.3. The van der Waals surface area contributed by atoms with Crippen molar-refractivity contribution in [3.63, 3.8) is 0 Å². The number of hydrogen-bond donors (Lipinski definition) is 0. The van der Waals surface area contributed by atoms with Crippen LogP contribution < -0.4 is 0 Å². The summed E-state index contributed by atoms with van der Waals surface area (Å²) in [7, 11) is -1.42. The van der Waals surface area contributed by atoms with Gasteiger partial charge in [-0.3, -0.25) is 4.79 Å². The molecule has 2 aromatic heterocycles. The number of likely N-dealkylation sites (tertiary alicyclic amines) is 1. The van der Waals surface area contributed by atoms with Crippen molar-refractivity contribution in [3.05, 3.63) is 53.5 Å². The molecular weight excluding hydrogens is 418 g/mol. The number of nitrogens with zero attached hydrogens (tertiary/aromatic N) is 3. The molecule has 1 aromatic carbocycles. The molecule has 2 fully saturated rings. The average molecular weight is 444 g/mol. The Kier molecular flexibility index (Phi) is 4.76. The lowest BCUT2D eigenvalue weighted by molar-refractivity contribution is 0.0752. The number of aryl methyl sites for hydroxylation is 1. The Morgan fingerprint density at radius 2 is 1.77 bits per heavy atom. The first-order chi connectivity index (χ1) is 14.4. The van der Waals surface area contributed by atoms with Gasteiger partial charge in [-0.05, 0) is 42.2 Å². The normalized spacial score (nSPS) is 19.7. The minimum absolute atomic E-state index is 0.0295. The topological polar surface area (TPSA) is 62.6 Å². The quantitative estimate of drug-likeness (QED) is 0.622. The van der Waals surface area contributed by atoms with Crippen LogP contribution in [0.2, 0.25) is 0 Å². The predicted molar refractivity (Wildman–Crippen MR) is 118 cm³/mol. The lowest BCUT2D eigenvalue weighted by atomic mass is 9.78. The molecule has 0 saturated carbocycles. The fourth-order valence-electron chi connectivity index (χ4n) is 4.94. The fourth-order valence-corrected chi connectivity index (χ4v) is 7.52. The van der Waals surface area contributed by atoms with Gasteiger partial charge in [0.25, 0.3) is 15.9 Å². The van der Waals surface area contributed by atoms with Crippen molar-refractivity contribution in [2.75, 3.05) is 26.2 Å². The number of carbonyl (C=O) groups excluding carboxylic acids is 1. The van der Waals surface area contributed by atoms with Crippen molar-refractivity contribution in [1.29, 1.82) is 0 Å². The van der Waals surface area contributed by atoms with Crippen molar-refractivity contribution in [1.82, 2.24) is 13.8 Å². The van der Waals surface area contributed by atoms with Gasteiger partial charge in [0.15, 0.2) is 0 Å². The Morgan fingerprint density at radius 1 is 1.03 bits per heavy atom. The van der Waals surface area contributed by atoms with E-state index in [-0.39, 0.29) is 11.3 Å². The Balaban J connectivity index is 1.30. The van der Waals surface area contributed by atoms with Crippen LogP contribution >= 0.6 is 11.3 Å². The molecule has 2 saturated heterocycles. The number of para-hydroxylation sites is 1. The highest BCUT2D eigenvalue weighted by molar-refractivity contribution is 7.91. The SMILES string of the molecule is Cn1cc(C(=O)N2CCC3(CCN(S(=O)(=O)c4cccs4)CC3)C2)c2ccccc21. The Morgan fingerprint density at radius 3 is 2.50 bits per heavy atom. The zero-order valence-corrected chi connectivity index (χ0v) is 18.6. The number of fused-ring (bicyclic) bond motifs is 1. The molecule has 0 bridgehead atoms. The molecule has 0 radical (unpaired) electrons. The maximum Gasteiger partial charge on any atom is 0.256 e. The van der Waals surface area contributed by atoms with E-state index in [0.717, 1.165) is 42.3 Å². The van der Waals surface area contributed by atoms with Gasteiger partial charge in [0.05, 0.1) is 5.56 Å². The molecule has 8 heteroatoms. The number of benzene rings is 1. The van der Waals surface area contributed by atoms with E-state index in [1.165, 1.54) is 11.3 Å². The van der Waals surface area contributed by atoms with Crippen LogP contribution in [0.1, 0.15) is 29.6 Å². The highest BCUT2D eigenvalue weighted by atomic mass is 32.2. The van der Waals surface area contributed by atoms with E-state index >= 15 is 0 Å². The molecule has 30 heavy (non-hydrogen) atoms. The summed E-state index contributed by atoms with van der Waals surface area (Å²) in [6.07, 6.45) is 4.47. The molecule has 0 aliphatic carbocycles. The summed E-state index contributed by atoms with van der Waals surface area (Å²) >= 11 is 1.27. The number of rotatable bonds is 3. The van der Waals surface area contributed by atoms with Crippen LogP contribution in [0.25, 0.3) is 10.9 Å². The molecule has 2 aliphatic heterocycles. The van der Waals surface area contributed by atoms with Gasteiger partial charge in [-0.25, -0.2) is 8.42 Å². The lowest BCUT2D eigenvalue weighted by Crippen LogP contribution is -2.44. The summed E-state index contributed by atoms with van der Waals surface area (Å²) in [6.45, 7) is 2.49. The van der Waals surface area contributed by atoms with E-state index in [2.05, 4.69) is 0 Å². The number of thiophene rings is 1. The summed E-state index contributed by atoms with van der Waals surface area (Å²) in [5.74, 6) is 0.0808. The molecular formula is C22H25N3O3S2. The van der Waals surface area contributed by atoms with Gasteiger partial charge in [-0.1, -0.05) is 24.3 Å². The van der Waals surface area contributed by atoms with Crippen LogP contribution in [0, 0.1) is 5.41 Å². The summed E-state index contributed by atoms with van der Waals surface area (Å²) < 4.78 is 29.6. The molecule has 158 valence electrons. The molecule has 0 atom stereocenters. The third kappa shape index (κ3) is 3.18. The third-order valence-electron chi connectivity index (χ3n) is 6.73. The van der Waals surface area contributed by atoms with Crippen molar-refractivity contribution in [3.8, 4) is 0 Å². The van der Waals surface area contributed by atoms with Gasteiger partial charge in [0.1, 0.15) is 4.21 Å². The van der Waals surface area contributed by atoms with Crippen molar-refractivity contribution in [2.24, 2.45) is 12.5 Å². The minimum Gasteiger partial charge on any atom is -0.350 e. The number of aromatic nitrogens is 1. The highest BCUT2D eigenvalue weighted by Gasteiger charge is 2.44. The molecule has 3 aromatic rings. The van der Waals surface area contributed by atoms with Gasteiger partial charge < -0.3 is 9.47 Å². The number of piperidine rings is 1. The molecule has 0 N–H and O–H groups in total. The maximum absolute atomic E-state index is 13.3. The van der Waals surface area contributed by atoms with Crippen molar-refractivity contribution in [2.45, 2.75) is 23.5 Å². The van der Waals surface area contributed by atoms with Crippen LogP contribution in [0.15, 0.2) is 52.2 Å². The summed E-state index contributed by atoms with van der Waals surface area (Å²) in [5.41, 5.74) is 1.84. The Hall–Kier alpha value is -2.16. The van der Waals surface area contributed by atoms with E-state index < -0.39 is 10.0 Å². The lowest BCUT2D eigenvalue weighted by Gasteiger charge is -2.38. The zero-order chi connectivity index (χ0) is 20.9. The van der Waals surface area contributed by atoms with Crippen molar-refractivity contribution < 1.29 is 13.2 Å².